The van der Waals surface area contributed by atoms with Gasteiger partial charge in [0, 0.05) is 12.3 Å². The minimum absolute atomic E-state index is 0. The predicted octanol–water partition coefficient (Wildman–Crippen LogP) is 1.56. The van der Waals surface area contributed by atoms with E-state index in [0.29, 0.717) is 6.61 Å². The van der Waals surface area contributed by atoms with Crippen molar-refractivity contribution in [3.05, 3.63) is 24.3 Å². The molecule has 0 aromatic heterocycles. The Morgan fingerprint density at radius 2 is 2.16 bits per heavy atom. The second-order valence-electron chi connectivity index (χ2n) is 4.22. The van der Waals surface area contributed by atoms with Gasteiger partial charge in [-0.2, -0.15) is 0 Å². The van der Waals surface area contributed by atoms with E-state index in [0.717, 1.165) is 30.9 Å². The molecule has 1 aliphatic rings. The number of hydrogen-bond acceptors (Lipinski definition) is 4. The molecule has 1 unspecified atom stereocenters. The van der Waals surface area contributed by atoms with Crippen LogP contribution in [0.15, 0.2) is 24.3 Å². The zero-order valence-electron chi connectivity index (χ0n) is 10.6. The molecule has 1 aromatic carbocycles. The molecule has 0 aliphatic carbocycles. The normalized spacial score (nSPS) is 17.6. The van der Waals surface area contributed by atoms with E-state index in [1.165, 1.54) is 0 Å². The first-order valence-corrected chi connectivity index (χ1v) is 6.12. The number of anilines is 1. The van der Waals surface area contributed by atoms with E-state index in [2.05, 4.69) is 5.32 Å². The van der Waals surface area contributed by atoms with E-state index in [9.17, 15) is 4.79 Å². The first-order chi connectivity index (χ1) is 8.78. The Morgan fingerprint density at radius 3 is 2.74 bits per heavy atom. The van der Waals surface area contributed by atoms with Crippen LogP contribution in [0.25, 0.3) is 0 Å². The highest BCUT2D eigenvalue weighted by Crippen LogP contribution is 2.18. The average Bonchev–Trinajstić information content (AvgIpc) is 2.91. The lowest BCUT2D eigenvalue weighted by atomic mass is 10.2. The summed E-state index contributed by atoms with van der Waals surface area (Å²) in [5.74, 6) is 0.569. The van der Waals surface area contributed by atoms with Gasteiger partial charge in [-0.1, -0.05) is 0 Å². The van der Waals surface area contributed by atoms with Crippen molar-refractivity contribution in [2.45, 2.75) is 18.9 Å². The summed E-state index contributed by atoms with van der Waals surface area (Å²) in [6.07, 6.45) is 2.38. The van der Waals surface area contributed by atoms with Crippen LogP contribution in [-0.2, 0) is 9.53 Å². The molecule has 3 N–H and O–H groups in total. The fourth-order valence-corrected chi connectivity index (χ4v) is 1.81. The Kier molecular flexibility index (Phi) is 6.62. The molecule has 0 spiro atoms. The molecule has 1 atom stereocenters. The van der Waals surface area contributed by atoms with E-state index in [1.54, 1.807) is 12.1 Å². The quantitative estimate of drug-likeness (QED) is 0.861. The van der Waals surface area contributed by atoms with Gasteiger partial charge in [0.25, 0.3) is 0 Å². The molecule has 5 nitrogen and oxygen atoms in total. The molecule has 2 rings (SSSR count). The number of carbonyl (C=O) groups excluding carboxylic acids is 1. The topological polar surface area (TPSA) is 73.6 Å². The molecular weight excluding hydrogens is 268 g/mol. The zero-order chi connectivity index (χ0) is 12.8. The molecule has 6 heteroatoms. The van der Waals surface area contributed by atoms with Gasteiger partial charge in [0.2, 0.25) is 5.91 Å². The first kappa shape index (κ1) is 15.8. The first-order valence-electron chi connectivity index (χ1n) is 6.12. The van der Waals surface area contributed by atoms with Gasteiger partial charge in [-0.25, -0.2) is 0 Å². The summed E-state index contributed by atoms with van der Waals surface area (Å²) in [6.45, 7) is 1.39. The van der Waals surface area contributed by atoms with Crippen molar-refractivity contribution in [1.29, 1.82) is 0 Å². The molecule has 0 bridgehead atoms. The summed E-state index contributed by atoms with van der Waals surface area (Å²) in [7, 11) is 0. The number of rotatable bonds is 5. The smallest absolute Gasteiger partial charge is 0.238 e. The fraction of sp³-hybridized carbons (Fsp3) is 0.462. The second kappa shape index (κ2) is 7.99. The molecule has 106 valence electrons. The summed E-state index contributed by atoms with van der Waals surface area (Å²) in [4.78, 5) is 11.1. The summed E-state index contributed by atoms with van der Waals surface area (Å²) in [6, 6.07) is 7.22. The Labute approximate surface area is 118 Å². The predicted molar refractivity (Wildman–Crippen MR) is 75.8 cm³/mol. The Morgan fingerprint density at radius 1 is 1.42 bits per heavy atom. The average molecular weight is 287 g/mol. The number of benzene rings is 1. The van der Waals surface area contributed by atoms with Crippen LogP contribution in [0, 0.1) is 0 Å². The van der Waals surface area contributed by atoms with E-state index in [4.69, 9.17) is 15.2 Å². The van der Waals surface area contributed by atoms with Crippen LogP contribution in [0.4, 0.5) is 5.69 Å². The minimum Gasteiger partial charge on any atom is -0.491 e. The molecule has 0 saturated carbocycles. The van der Waals surface area contributed by atoms with Gasteiger partial charge in [-0.05, 0) is 37.1 Å². The number of hydrogen-bond donors (Lipinski definition) is 2. The highest BCUT2D eigenvalue weighted by atomic mass is 35.5. The van der Waals surface area contributed by atoms with Crippen LogP contribution >= 0.6 is 12.4 Å². The van der Waals surface area contributed by atoms with Gasteiger partial charge in [-0.3, -0.25) is 4.79 Å². The molecule has 1 fully saturated rings. The molecule has 1 heterocycles. The lowest BCUT2D eigenvalue weighted by Crippen LogP contribution is -2.21. The fourth-order valence-electron chi connectivity index (χ4n) is 1.81. The molecule has 1 aromatic rings. The number of halogens is 1. The van der Waals surface area contributed by atoms with Gasteiger partial charge >= 0.3 is 0 Å². The molecule has 1 aliphatic heterocycles. The lowest BCUT2D eigenvalue weighted by molar-refractivity contribution is -0.114. The van der Waals surface area contributed by atoms with Crippen molar-refractivity contribution < 1.29 is 14.3 Å². The van der Waals surface area contributed by atoms with Gasteiger partial charge in [-0.15, -0.1) is 12.4 Å². The third-order valence-electron chi connectivity index (χ3n) is 2.78. The number of nitrogens with one attached hydrogen (secondary N) is 1. The van der Waals surface area contributed by atoms with Crippen molar-refractivity contribution in [1.82, 2.24) is 0 Å². The number of nitrogens with two attached hydrogens (primary N) is 1. The molecular formula is C13H19ClN2O3. The summed E-state index contributed by atoms with van der Waals surface area (Å²) in [5.41, 5.74) is 5.93. The molecule has 1 saturated heterocycles. The Hall–Kier alpha value is -1.30. The maximum absolute atomic E-state index is 11.1. The monoisotopic (exact) mass is 286 g/mol. The third kappa shape index (κ3) is 5.06. The summed E-state index contributed by atoms with van der Waals surface area (Å²) in [5, 5.41) is 2.67. The van der Waals surface area contributed by atoms with Crippen LogP contribution < -0.4 is 15.8 Å². The van der Waals surface area contributed by atoms with E-state index < -0.39 is 0 Å². The van der Waals surface area contributed by atoms with Crippen molar-refractivity contribution >= 4 is 24.0 Å². The van der Waals surface area contributed by atoms with Crippen LogP contribution in [0.2, 0.25) is 0 Å². The van der Waals surface area contributed by atoms with Crippen LogP contribution in [0.1, 0.15) is 12.8 Å². The number of ether oxygens (including phenoxy) is 2. The molecule has 0 radical (unpaired) electrons. The van der Waals surface area contributed by atoms with Gasteiger partial charge < -0.3 is 20.5 Å². The van der Waals surface area contributed by atoms with E-state index in [1.807, 2.05) is 12.1 Å². The van der Waals surface area contributed by atoms with Gasteiger partial charge in [0.05, 0.1) is 12.6 Å². The van der Waals surface area contributed by atoms with Crippen LogP contribution in [-0.4, -0.2) is 31.8 Å². The van der Waals surface area contributed by atoms with Gasteiger partial charge in [0.1, 0.15) is 12.4 Å². The SMILES string of the molecule is Cl.NCC(=O)Nc1ccc(OCC2CCCO2)cc1. The summed E-state index contributed by atoms with van der Waals surface area (Å²) >= 11 is 0. The Bertz CT molecular complexity index is 391. The third-order valence-corrected chi connectivity index (χ3v) is 2.78. The number of amides is 1. The maximum Gasteiger partial charge on any atom is 0.238 e. The van der Waals surface area contributed by atoms with Crippen molar-refractivity contribution in [3.63, 3.8) is 0 Å². The van der Waals surface area contributed by atoms with Crippen molar-refractivity contribution in [3.8, 4) is 5.75 Å². The zero-order valence-corrected chi connectivity index (χ0v) is 11.4. The van der Waals surface area contributed by atoms with E-state index in [-0.39, 0.29) is 31.0 Å². The molecule has 1 amide bonds. The largest absolute Gasteiger partial charge is 0.491 e. The number of carbonyl (C=O) groups is 1. The standard InChI is InChI=1S/C13H18N2O3.ClH/c14-8-13(16)15-10-3-5-11(6-4-10)18-9-12-2-1-7-17-12;/h3-6,12H,1-2,7-9,14H2,(H,15,16);1H. The van der Waals surface area contributed by atoms with Crippen molar-refractivity contribution in [2.75, 3.05) is 25.1 Å². The summed E-state index contributed by atoms with van der Waals surface area (Å²) < 4.78 is 11.1. The highest BCUT2D eigenvalue weighted by Gasteiger charge is 2.15. The Balaban J connectivity index is 0.00000180. The van der Waals surface area contributed by atoms with Crippen LogP contribution in [0.5, 0.6) is 5.75 Å². The van der Waals surface area contributed by atoms with E-state index >= 15 is 0 Å². The maximum atomic E-state index is 11.1. The van der Waals surface area contributed by atoms with Crippen LogP contribution in [0.3, 0.4) is 0 Å². The lowest BCUT2D eigenvalue weighted by Gasteiger charge is -2.11. The molecule has 19 heavy (non-hydrogen) atoms. The van der Waals surface area contributed by atoms with Crippen molar-refractivity contribution in [2.24, 2.45) is 5.73 Å². The highest BCUT2D eigenvalue weighted by molar-refractivity contribution is 5.92. The second-order valence-corrected chi connectivity index (χ2v) is 4.22. The minimum atomic E-state index is -0.206. The van der Waals surface area contributed by atoms with Gasteiger partial charge in [0.15, 0.2) is 0 Å².